The maximum atomic E-state index is 12.9. The number of carbonyl (C=O) groups is 1. The molecule has 1 aliphatic rings. The summed E-state index contributed by atoms with van der Waals surface area (Å²) in [7, 11) is 0. The average Bonchev–Trinajstić information content (AvgIpc) is 2.69. The number of pyridine rings is 1. The highest BCUT2D eigenvalue weighted by Gasteiger charge is 2.21. The minimum atomic E-state index is -0.249. The SMILES string of the molecule is CCC1CCCCN1c1ccc(C(=O)NCCc2ccc(F)cc2)nc1. The molecule has 5 heteroatoms. The van der Waals surface area contributed by atoms with Gasteiger partial charge in [0.2, 0.25) is 0 Å². The molecule has 1 aromatic heterocycles. The second kappa shape index (κ2) is 8.79. The van der Waals surface area contributed by atoms with Gasteiger partial charge >= 0.3 is 0 Å². The van der Waals surface area contributed by atoms with Crippen molar-refractivity contribution < 1.29 is 9.18 Å². The molecule has 1 aliphatic heterocycles. The Morgan fingerprint density at radius 2 is 2.04 bits per heavy atom. The van der Waals surface area contributed by atoms with E-state index in [4.69, 9.17) is 0 Å². The highest BCUT2D eigenvalue weighted by atomic mass is 19.1. The standard InChI is InChI=1S/C21H26FN3O/c1-2-18-5-3-4-14-25(18)19-10-11-20(24-15-19)21(26)23-13-12-16-6-8-17(22)9-7-16/h6-11,15,18H,2-5,12-14H2,1H3,(H,23,26). The number of halogens is 1. The lowest BCUT2D eigenvalue weighted by Gasteiger charge is -2.37. The Morgan fingerprint density at radius 1 is 1.23 bits per heavy atom. The summed E-state index contributed by atoms with van der Waals surface area (Å²) in [6.45, 7) is 3.78. The number of hydrogen-bond acceptors (Lipinski definition) is 3. The summed E-state index contributed by atoms with van der Waals surface area (Å²) in [6.07, 6.45) is 7.33. The van der Waals surface area contributed by atoms with Crippen LogP contribution >= 0.6 is 0 Å². The van der Waals surface area contributed by atoms with Crippen LogP contribution in [-0.2, 0) is 6.42 Å². The Bertz CT molecular complexity index is 715. The Hall–Kier alpha value is -2.43. The topological polar surface area (TPSA) is 45.2 Å². The quantitative estimate of drug-likeness (QED) is 0.853. The lowest BCUT2D eigenvalue weighted by Crippen LogP contribution is -2.39. The van der Waals surface area contributed by atoms with Gasteiger partial charge in [-0.1, -0.05) is 19.1 Å². The zero-order valence-corrected chi connectivity index (χ0v) is 15.2. The highest BCUT2D eigenvalue weighted by molar-refractivity contribution is 5.92. The zero-order chi connectivity index (χ0) is 18.4. The van der Waals surface area contributed by atoms with Crippen molar-refractivity contribution in [2.45, 2.75) is 45.1 Å². The van der Waals surface area contributed by atoms with E-state index < -0.39 is 0 Å². The first-order chi connectivity index (χ1) is 12.7. The third-order valence-corrected chi connectivity index (χ3v) is 5.02. The molecule has 0 spiro atoms. The number of carbonyl (C=O) groups excluding carboxylic acids is 1. The van der Waals surface area contributed by atoms with Crippen LogP contribution in [0.1, 0.15) is 48.7 Å². The second-order valence-corrected chi connectivity index (χ2v) is 6.79. The fourth-order valence-electron chi connectivity index (χ4n) is 3.52. The normalized spacial score (nSPS) is 17.2. The number of aromatic nitrogens is 1. The maximum Gasteiger partial charge on any atom is 0.269 e. The Morgan fingerprint density at radius 3 is 2.73 bits per heavy atom. The highest BCUT2D eigenvalue weighted by Crippen LogP contribution is 2.25. The van der Waals surface area contributed by atoms with E-state index in [2.05, 4.69) is 22.1 Å². The van der Waals surface area contributed by atoms with Gasteiger partial charge in [-0.3, -0.25) is 4.79 Å². The lowest BCUT2D eigenvalue weighted by atomic mass is 9.99. The van der Waals surface area contributed by atoms with E-state index in [9.17, 15) is 9.18 Å². The van der Waals surface area contributed by atoms with Crippen molar-refractivity contribution in [2.24, 2.45) is 0 Å². The summed E-state index contributed by atoms with van der Waals surface area (Å²) in [6, 6.07) is 10.7. The van der Waals surface area contributed by atoms with Crippen LogP contribution in [0.25, 0.3) is 0 Å². The van der Waals surface area contributed by atoms with E-state index >= 15 is 0 Å². The number of hydrogen-bond donors (Lipinski definition) is 1. The van der Waals surface area contributed by atoms with Gasteiger partial charge in [-0.25, -0.2) is 9.37 Å². The fourth-order valence-corrected chi connectivity index (χ4v) is 3.52. The van der Waals surface area contributed by atoms with Gasteiger partial charge in [-0.15, -0.1) is 0 Å². The molecule has 3 rings (SSSR count). The summed E-state index contributed by atoms with van der Waals surface area (Å²) < 4.78 is 12.9. The van der Waals surface area contributed by atoms with Gasteiger partial charge in [-0.2, -0.15) is 0 Å². The molecule has 1 atom stereocenters. The third kappa shape index (κ3) is 4.59. The first kappa shape index (κ1) is 18.4. The van der Waals surface area contributed by atoms with Crippen LogP contribution in [-0.4, -0.2) is 30.0 Å². The molecule has 1 N–H and O–H groups in total. The molecule has 0 saturated carbocycles. The van der Waals surface area contributed by atoms with Crippen LogP contribution in [0, 0.1) is 5.82 Å². The average molecular weight is 355 g/mol. The molecule has 1 aromatic carbocycles. The van der Waals surface area contributed by atoms with Crippen molar-refractivity contribution in [3.8, 4) is 0 Å². The van der Waals surface area contributed by atoms with Crippen molar-refractivity contribution in [3.05, 3.63) is 59.7 Å². The first-order valence-electron chi connectivity index (χ1n) is 9.42. The monoisotopic (exact) mass is 355 g/mol. The number of anilines is 1. The van der Waals surface area contributed by atoms with Crippen LogP contribution in [0.15, 0.2) is 42.6 Å². The van der Waals surface area contributed by atoms with Gasteiger partial charge in [-0.05, 0) is 61.9 Å². The third-order valence-electron chi connectivity index (χ3n) is 5.02. The lowest BCUT2D eigenvalue weighted by molar-refractivity contribution is 0.0949. The molecule has 0 aliphatic carbocycles. The Labute approximate surface area is 154 Å². The van der Waals surface area contributed by atoms with Crippen LogP contribution in [0.5, 0.6) is 0 Å². The zero-order valence-electron chi connectivity index (χ0n) is 15.2. The van der Waals surface area contributed by atoms with E-state index in [1.54, 1.807) is 18.2 Å². The van der Waals surface area contributed by atoms with Gasteiger partial charge in [0.15, 0.2) is 0 Å². The number of rotatable bonds is 6. The molecule has 0 radical (unpaired) electrons. The van der Waals surface area contributed by atoms with E-state index in [1.165, 1.54) is 31.4 Å². The molecule has 0 bridgehead atoms. The molecular weight excluding hydrogens is 329 g/mol. The number of benzene rings is 1. The van der Waals surface area contributed by atoms with Crippen molar-refractivity contribution in [1.82, 2.24) is 10.3 Å². The van der Waals surface area contributed by atoms with Crippen molar-refractivity contribution in [1.29, 1.82) is 0 Å². The minimum Gasteiger partial charge on any atom is -0.367 e. The molecule has 26 heavy (non-hydrogen) atoms. The van der Waals surface area contributed by atoms with E-state index in [1.807, 2.05) is 12.3 Å². The summed E-state index contributed by atoms with van der Waals surface area (Å²) in [5, 5.41) is 2.87. The first-order valence-corrected chi connectivity index (χ1v) is 9.42. The maximum absolute atomic E-state index is 12.9. The van der Waals surface area contributed by atoms with Crippen molar-refractivity contribution >= 4 is 11.6 Å². The van der Waals surface area contributed by atoms with Gasteiger partial charge in [0.05, 0.1) is 11.9 Å². The summed E-state index contributed by atoms with van der Waals surface area (Å²) in [4.78, 5) is 19.0. The van der Waals surface area contributed by atoms with Gasteiger partial charge < -0.3 is 10.2 Å². The van der Waals surface area contributed by atoms with Crippen LogP contribution in [0.3, 0.4) is 0 Å². The van der Waals surface area contributed by atoms with E-state index in [0.717, 1.165) is 24.2 Å². The number of nitrogens with one attached hydrogen (secondary N) is 1. The van der Waals surface area contributed by atoms with Crippen molar-refractivity contribution in [2.75, 3.05) is 18.0 Å². The van der Waals surface area contributed by atoms with Gasteiger partial charge in [0.1, 0.15) is 11.5 Å². The Kier molecular flexibility index (Phi) is 6.21. The van der Waals surface area contributed by atoms with Crippen LogP contribution < -0.4 is 10.2 Å². The molecule has 1 amide bonds. The summed E-state index contributed by atoms with van der Waals surface area (Å²) in [5.74, 6) is -0.426. The van der Waals surface area contributed by atoms with Crippen molar-refractivity contribution in [3.63, 3.8) is 0 Å². The predicted octanol–water partition coefficient (Wildman–Crippen LogP) is 3.96. The van der Waals surface area contributed by atoms with Gasteiger partial charge in [0, 0.05) is 19.1 Å². The Balaban J connectivity index is 1.54. The number of amides is 1. The molecule has 1 fully saturated rings. The molecular formula is C21H26FN3O. The minimum absolute atomic E-state index is 0.177. The molecule has 2 aromatic rings. The van der Waals surface area contributed by atoms with Gasteiger partial charge in [0.25, 0.3) is 5.91 Å². The second-order valence-electron chi connectivity index (χ2n) is 6.79. The predicted molar refractivity (Wildman–Crippen MR) is 102 cm³/mol. The molecule has 1 saturated heterocycles. The van der Waals surface area contributed by atoms with E-state index in [-0.39, 0.29) is 11.7 Å². The molecule has 1 unspecified atom stereocenters. The largest absolute Gasteiger partial charge is 0.367 e. The number of nitrogens with zero attached hydrogens (tertiary/aromatic N) is 2. The fraction of sp³-hybridized carbons (Fsp3) is 0.429. The summed E-state index contributed by atoms with van der Waals surface area (Å²) >= 11 is 0. The number of piperidine rings is 1. The molecule has 138 valence electrons. The van der Waals surface area contributed by atoms with Crippen LogP contribution in [0.2, 0.25) is 0 Å². The van der Waals surface area contributed by atoms with Crippen LogP contribution in [0.4, 0.5) is 10.1 Å². The smallest absolute Gasteiger partial charge is 0.269 e. The molecule has 4 nitrogen and oxygen atoms in total. The summed E-state index contributed by atoms with van der Waals surface area (Å²) in [5.41, 5.74) is 2.52. The van der Waals surface area contributed by atoms with E-state index in [0.29, 0.717) is 24.7 Å². The molecule has 2 heterocycles.